The SMILES string of the molecule is COc1ccccc1NC(=O)c1nc(C(=O)NC(C)C)c2ccccn12. The normalized spacial score (nSPS) is 10.8. The number of rotatable bonds is 5. The van der Waals surface area contributed by atoms with Crippen LogP contribution in [0.4, 0.5) is 5.69 Å². The van der Waals surface area contributed by atoms with Crippen LogP contribution in [0.15, 0.2) is 48.7 Å². The molecule has 3 rings (SSSR count). The van der Waals surface area contributed by atoms with Crippen molar-refractivity contribution < 1.29 is 14.3 Å². The van der Waals surface area contributed by atoms with Crippen molar-refractivity contribution in [3.05, 3.63) is 60.2 Å². The van der Waals surface area contributed by atoms with E-state index in [0.717, 1.165) is 0 Å². The van der Waals surface area contributed by atoms with Crippen LogP contribution in [0.1, 0.15) is 35.0 Å². The number of anilines is 1. The number of nitrogens with zero attached hydrogens (tertiary/aromatic N) is 2. The molecule has 7 nitrogen and oxygen atoms in total. The molecular weight excluding hydrogens is 332 g/mol. The number of pyridine rings is 1. The number of imidazole rings is 1. The van der Waals surface area contributed by atoms with E-state index in [-0.39, 0.29) is 23.5 Å². The van der Waals surface area contributed by atoms with Gasteiger partial charge in [0.05, 0.1) is 18.3 Å². The van der Waals surface area contributed by atoms with Gasteiger partial charge in [-0.25, -0.2) is 4.98 Å². The van der Waals surface area contributed by atoms with E-state index in [1.165, 1.54) is 7.11 Å². The fourth-order valence-electron chi connectivity index (χ4n) is 2.62. The van der Waals surface area contributed by atoms with E-state index in [0.29, 0.717) is 17.0 Å². The van der Waals surface area contributed by atoms with Crippen molar-refractivity contribution in [1.29, 1.82) is 0 Å². The number of aromatic nitrogens is 2. The second kappa shape index (κ2) is 7.26. The minimum atomic E-state index is -0.431. The monoisotopic (exact) mass is 352 g/mol. The third-order valence-electron chi connectivity index (χ3n) is 3.74. The largest absolute Gasteiger partial charge is 0.495 e. The second-order valence-electron chi connectivity index (χ2n) is 6.02. The molecule has 134 valence electrons. The van der Waals surface area contributed by atoms with E-state index in [2.05, 4.69) is 15.6 Å². The van der Waals surface area contributed by atoms with Crippen molar-refractivity contribution in [1.82, 2.24) is 14.7 Å². The lowest BCUT2D eigenvalue weighted by molar-refractivity contribution is 0.0940. The number of ether oxygens (including phenoxy) is 1. The predicted octanol–water partition coefficient (Wildman–Crippen LogP) is 2.73. The van der Waals surface area contributed by atoms with Crippen LogP contribution in [0.25, 0.3) is 5.52 Å². The smallest absolute Gasteiger partial charge is 0.292 e. The highest BCUT2D eigenvalue weighted by Gasteiger charge is 2.22. The minimum Gasteiger partial charge on any atom is -0.495 e. The fraction of sp³-hybridized carbons (Fsp3) is 0.211. The number of methoxy groups -OCH3 is 1. The molecule has 0 spiro atoms. The highest BCUT2D eigenvalue weighted by molar-refractivity contribution is 6.06. The van der Waals surface area contributed by atoms with Gasteiger partial charge in [0.25, 0.3) is 11.8 Å². The van der Waals surface area contributed by atoms with Gasteiger partial charge in [0, 0.05) is 12.2 Å². The zero-order chi connectivity index (χ0) is 18.7. The molecule has 2 amide bonds. The van der Waals surface area contributed by atoms with Gasteiger partial charge in [-0.15, -0.1) is 0 Å². The highest BCUT2D eigenvalue weighted by atomic mass is 16.5. The van der Waals surface area contributed by atoms with E-state index in [9.17, 15) is 9.59 Å². The molecule has 2 N–H and O–H groups in total. The van der Waals surface area contributed by atoms with Crippen LogP contribution in [-0.2, 0) is 0 Å². The molecule has 0 atom stereocenters. The van der Waals surface area contributed by atoms with Gasteiger partial charge in [0.2, 0.25) is 5.82 Å². The summed E-state index contributed by atoms with van der Waals surface area (Å²) in [4.78, 5) is 29.5. The molecule has 0 aliphatic heterocycles. The van der Waals surface area contributed by atoms with Crippen LogP contribution in [0, 0.1) is 0 Å². The third kappa shape index (κ3) is 3.37. The maximum absolute atomic E-state index is 12.8. The first-order valence-corrected chi connectivity index (χ1v) is 8.23. The molecule has 1 aromatic carbocycles. The van der Waals surface area contributed by atoms with Gasteiger partial charge in [-0.3, -0.25) is 14.0 Å². The number of carbonyl (C=O) groups is 2. The van der Waals surface area contributed by atoms with Crippen LogP contribution in [-0.4, -0.2) is 34.4 Å². The maximum atomic E-state index is 12.8. The summed E-state index contributed by atoms with van der Waals surface area (Å²) in [7, 11) is 1.53. The quantitative estimate of drug-likeness (QED) is 0.739. The molecular formula is C19H20N4O3. The van der Waals surface area contributed by atoms with E-state index >= 15 is 0 Å². The van der Waals surface area contributed by atoms with E-state index in [1.54, 1.807) is 47.0 Å². The van der Waals surface area contributed by atoms with Gasteiger partial charge >= 0.3 is 0 Å². The van der Waals surface area contributed by atoms with Gasteiger partial charge in [0.1, 0.15) is 5.75 Å². The summed E-state index contributed by atoms with van der Waals surface area (Å²) in [5.74, 6) is -0.0840. The Bertz CT molecular complexity index is 962. The number of nitrogens with one attached hydrogen (secondary N) is 2. The van der Waals surface area contributed by atoms with Gasteiger partial charge in [-0.05, 0) is 38.1 Å². The predicted molar refractivity (Wildman–Crippen MR) is 98.7 cm³/mol. The van der Waals surface area contributed by atoms with Gasteiger partial charge < -0.3 is 15.4 Å². The van der Waals surface area contributed by atoms with E-state index in [1.807, 2.05) is 19.9 Å². The number of hydrogen-bond donors (Lipinski definition) is 2. The van der Waals surface area contributed by atoms with Crippen LogP contribution >= 0.6 is 0 Å². The Labute approximate surface area is 151 Å². The molecule has 0 bridgehead atoms. The summed E-state index contributed by atoms with van der Waals surface area (Å²) < 4.78 is 6.85. The lowest BCUT2D eigenvalue weighted by Crippen LogP contribution is -2.30. The first-order chi connectivity index (χ1) is 12.5. The minimum absolute atomic E-state index is 0.0335. The molecule has 7 heteroatoms. The molecule has 0 unspecified atom stereocenters. The summed E-state index contributed by atoms with van der Waals surface area (Å²) in [6.07, 6.45) is 1.70. The first kappa shape index (κ1) is 17.5. The first-order valence-electron chi connectivity index (χ1n) is 8.23. The topological polar surface area (TPSA) is 84.7 Å². The average Bonchev–Trinajstić information content (AvgIpc) is 3.01. The van der Waals surface area contributed by atoms with Gasteiger partial charge in [-0.2, -0.15) is 0 Å². The summed E-state index contributed by atoms with van der Waals surface area (Å²) in [6, 6.07) is 12.4. The molecule has 0 fully saturated rings. The van der Waals surface area contributed by atoms with Crippen molar-refractivity contribution in [2.45, 2.75) is 19.9 Å². The van der Waals surface area contributed by atoms with Crippen LogP contribution in [0.2, 0.25) is 0 Å². The van der Waals surface area contributed by atoms with Crippen molar-refractivity contribution in [3.8, 4) is 5.75 Å². The van der Waals surface area contributed by atoms with Crippen LogP contribution in [0.3, 0.4) is 0 Å². The number of carbonyl (C=O) groups excluding carboxylic acids is 2. The standard InChI is InChI=1S/C19H20N4O3/c1-12(2)20-18(24)16-14-9-6-7-11-23(14)17(22-16)19(25)21-13-8-4-5-10-15(13)26-3/h4-12H,1-3H3,(H,20,24)(H,21,25). The molecule has 0 radical (unpaired) electrons. The summed E-state index contributed by atoms with van der Waals surface area (Å²) in [5, 5.41) is 5.59. The van der Waals surface area contributed by atoms with E-state index < -0.39 is 5.91 Å². The Kier molecular flexibility index (Phi) is 4.88. The number of fused-ring (bicyclic) bond motifs is 1. The number of benzene rings is 1. The van der Waals surface area contributed by atoms with Crippen molar-refractivity contribution >= 4 is 23.0 Å². The molecule has 26 heavy (non-hydrogen) atoms. The lowest BCUT2D eigenvalue weighted by Gasteiger charge is -2.09. The molecule has 0 aliphatic carbocycles. The Morgan fingerprint density at radius 2 is 1.81 bits per heavy atom. The highest BCUT2D eigenvalue weighted by Crippen LogP contribution is 2.24. The lowest BCUT2D eigenvalue weighted by atomic mass is 10.3. The Balaban J connectivity index is 1.99. The summed E-state index contributed by atoms with van der Waals surface area (Å²) >= 11 is 0. The molecule has 2 heterocycles. The zero-order valence-corrected chi connectivity index (χ0v) is 14.8. The Morgan fingerprint density at radius 1 is 1.08 bits per heavy atom. The number of amides is 2. The zero-order valence-electron chi connectivity index (χ0n) is 14.8. The number of para-hydroxylation sites is 2. The van der Waals surface area contributed by atoms with Crippen molar-refractivity contribution in [2.75, 3.05) is 12.4 Å². The second-order valence-corrected chi connectivity index (χ2v) is 6.02. The molecule has 0 saturated heterocycles. The Hall–Kier alpha value is -3.35. The average molecular weight is 352 g/mol. The molecule has 2 aromatic heterocycles. The van der Waals surface area contributed by atoms with Crippen molar-refractivity contribution in [3.63, 3.8) is 0 Å². The Morgan fingerprint density at radius 3 is 2.54 bits per heavy atom. The van der Waals surface area contributed by atoms with Gasteiger partial charge in [0.15, 0.2) is 5.69 Å². The summed E-state index contributed by atoms with van der Waals surface area (Å²) in [6.45, 7) is 3.73. The van der Waals surface area contributed by atoms with E-state index in [4.69, 9.17) is 4.74 Å². The number of hydrogen-bond acceptors (Lipinski definition) is 4. The maximum Gasteiger partial charge on any atom is 0.292 e. The van der Waals surface area contributed by atoms with Crippen LogP contribution in [0.5, 0.6) is 5.75 Å². The third-order valence-corrected chi connectivity index (χ3v) is 3.74. The molecule has 0 saturated carbocycles. The summed E-state index contributed by atoms with van der Waals surface area (Å²) in [5.41, 5.74) is 1.31. The van der Waals surface area contributed by atoms with Gasteiger partial charge in [-0.1, -0.05) is 18.2 Å². The fourth-order valence-corrected chi connectivity index (χ4v) is 2.62. The molecule has 0 aliphatic rings. The molecule has 3 aromatic rings. The van der Waals surface area contributed by atoms with Crippen molar-refractivity contribution in [2.24, 2.45) is 0 Å². The van der Waals surface area contributed by atoms with Crippen LogP contribution < -0.4 is 15.4 Å².